The zero-order valence-electron chi connectivity index (χ0n) is 13.9. The number of aromatic nitrogens is 2. The number of aliphatic hydroxyl groups is 1. The van der Waals surface area contributed by atoms with Crippen LogP contribution >= 0.6 is 11.6 Å². The Morgan fingerprint density at radius 2 is 1.96 bits per heavy atom. The average molecular weight is 360 g/mol. The van der Waals surface area contributed by atoms with E-state index >= 15 is 0 Å². The first kappa shape index (κ1) is 17.5. The van der Waals surface area contributed by atoms with Crippen LogP contribution < -0.4 is 16.0 Å². The largest absolute Gasteiger partial charge is 0.506 e. The Morgan fingerprint density at radius 3 is 2.68 bits per heavy atom. The summed E-state index contributed by atoms with van der Waals surface area (Å²) in [5, 5.41) is 19.7. The maximum absolute atomic E-state index is 9.72. The Hall–Kier alpha value is -2.31. The lowest BCUT2D eigenvalue weighted by molar-refractivity contribution is 0.406. The van der Waals surface area contributed by atoms with Crippen molar-refractivity contribution in [1.29, 1.82) is 0 Å². The Kier molecular flexibility index (Phi) is 6.09. The molecule has 4 rings (SSSR count). The summed E-state index contributed by atoms with van der Waals surface area (Å²) >= 11 is 6.19. The van der Waals surface area contributed by atoms with Crippen LogP contribution in [-0.2, 0) is 6.54 Å². The van der Waals surface area contributed by atoms with Gasteiger partial charge in [-0.1, -0.05) is 11.6 Å². The average Bonchev–Trinajstić information content (AvgIpc) is 3.21. The lowest BCUT2D eigenvalue weighted by atomic mass is 10.2. The van der Waals surface area contributed by atoms with Crippen LogP contribution in [0.25, 0.3) is 11.0 Å². The molecule has 0 amide bonds. The molecule has 1 saturated heterocycles. The van der Waals surface area contributed by atoms with E-state index in [2.05, 4.69) is 25.9 Å². The zero-order chi connectivity index (χ0) is 17.5. The number of rotatable bonds is 3. The van der Waals surface area contributed by atoms with Crippen LogP contribution in [0.5, 0.6) is 0 Å². The van der Waals surface area contributed by atoms with E-state index in [1.54, 1.807) is 24.7 Å². The van der Waals surface area contributed by atoms with Crippen molar-refractivity contribution in [3.8, 4) is 0 Å². The molecule has 3 heterocycles. The quantitative estimate of drug-likeness (QED) is 0.674. The van der Waals surface area contributed by atoms with Gasteiger partial charge in [0, 0.05) is 31.7 Å². The summed E-state index contributed by atoms with van der Waals surface area (Å²) in [6.45, 7) is 3.67. The number of aliphatic hydroxyl groups excluding tert-OH is 1. The molecule has 2 aromatic rings. The summed E-state index contributed by atoms with van der Waals surface area (Å²) in [4.78, 5) is 8.45. The van der Waals surface area contributed by atoms with Crippen molar-refractivity contribution in [3.63, 3.8) is 0 Å². The van der Waals surface area contributed by atoms with Crippen LogP contribution in [0.15, 0.2) is 48.3 Å². The molecule has 0 atom stereocenters. The fourth-order valence-corrected chi connectivity index (χ4v) is 2.94. The first-order valence-corrected chi connectivity index (χ1v) is 8.78. The van der Waals surface area contributed by atoms with E-state index in [0.29, 0.717) is 29.3 Å². The standard InChI is InChI=1S/C14H13ClN4O.C4H9N/c15-10-5-9(6-11-14(10)18-4-3-17-11)7-19-12-8-16-2-1-13(12)20;1-2-4-5-3-1/h1,3-6,8,16,19-20H,2,7H2;5H,1-4H2. The maximum atomic E-state index is 9.72. The number of hydrogen-bond donors (Lipinski definition) is 4. The second kappa shape index (κ2) is 8.69. The Balaban J connectivity index is 0.000000314. The summed E-state index contributed by atoms with van der Waals surface area (Å²) in [6.07, 6.45) is 9.49. The van der Waals surface area contributed by atoms with Gasteiger partial charge in [-0.2, -0.15) is 0 Å². The number of nitrogens with one attached hydrogen (secondary N) is 3. The van der Waals surface area contributed by atoms with E-state index in [9.17, 15) is 5.11 Å². The third-order valence-corrected chi connectivity index (χ3v) is 4.25. The van der Waals surface area contributed by atoms with Crippen molar-refractivity contribution in [2.75, 3.05) is 19.6 Å². The highest BCUT2D eigenvalue weighted by Crippen LogP contribution is 2.22. The lowest BCUT2D eigenvalue weighted by Gasteiger charge is -2.15. The number of nitrogens with zero attached hydrogens (tertiary/aromatic N) is 2. The molecule has 1 aromatic carbocycles. The molecule has 0 spiro atoms. The molecule has 2 aliphatic rings. The predicted octanol–water partition coefficient (Wildman–Crippen LogP) is 2.63. The van der Waals surface area contributed by atoms with Crippen LogP contribution in [0.4, 0.5) is 0 Å². The summed E-state index contributed by atoms with van der Waals surface area (Å²) in [6, 6.07) is 3.78. The van der Waals surface area contributed by atoms with E-state index in [1.165, 1.54) is 25.9 Å². The molecule has 132 valence electrons. The van der Waals surface area contributed by atoms with Gasteiger partial charge in [-0.3, -0.25) is 9.97 Å². The Morgan fingerprint density at radius 1 is 1.16 bits per heavy atom. The molecule has 0 radical (unpaired) electrons. The van der Waals surface area contributed by atoms with Crippen molar-refractivity contribution in [3.05, 3.63) is 58.8 Å². The van der Waals surface area contributed by atoms with Gasteiger partial charge >= 0.3 is 0 Å². The first-order valence-electron chi connectivity index (χ1n) is 8.41. The SMILES string of the molecule is C1CCNC1.OC1=CCNC=C1NCc1cc(Cl)c2nccnc2c1. The molecule has 4 N–H and O–H groups in total. The van der Waals surface area contributed by atoms with Gasteiger partial charge in [0.2, 0.25) is 0 Å². The summed E-state index contributed by atoms with van der Waals surface area (Å²) in [5.41, 5.74) is 3.08. The fourth-order valence-electron chi connectivity index (χ4n) is 2.65. The molecule has 0 unspecified atom stereocenters. The van der Waals surface area contributed by atoms with E-state index in [-0.39, 0.29) is 5.76 Å². The van der Waals surface area contributed by atoms with Crippen LogP contribution in [0, 0.1) is 0 Å². The number of halogens is 1. The third kappa shape index (κ3) is 4.84. The van der Waals surface area contributed by atoms with Crippen LogP contribution in [0.3, 0.4) is 0 Å². The smallest absolute Gasteiger partial charge is 0.137 e. The molecular formula is C18H22ClN5O. The highest BCUT2D eigenvalue weighted by molar-refractivity contribution is 6.34. The van der Waals surface area contributed by atoms with Crippen molar-refractivity contribution in [1.82, 2.24) is 25.9 Å². The van der Waals surface area contributed by atoms with E-state index in [4.69, 9.17) is 11.6 Å². The highest BCUT2D eigenvalue weighted by Gasteiger charge is 2.08. The highest BCUT2D eigenvalue weighted by atomic mass is 35.5. The van der Waals surface area contributed by atoms with Crippen molar-refractivity contribution >= 4 is 22.6 Å². The summed E-state index contributed by atoms with van der Waals surface area (Å²) in [7, 11) is 0. The lowest BCUT2D eigenvalue weighted by Crippen LogP contribution is -2.22. The summed E-state index contributed by atoms with van der Waals surface area (Å²) in [5.74, 6) is 0.246. The van der Waals surface area contributed by atoms with E-state index in [1.807, 2.05) is 12.1 Å². The van der Waals surface area contributed by atoms with Gasteiger partial charge in [0.25, 0.3) is 0 Å². The Bertz CT molecular complexity index is 779. The molecular weight excluding hydrogens is 338 g/mol. The van der Waals surface area contributed by atoms with Crippen LogP contribution in [0.1, 0.15) is 18.4 Å². The number of dihydropyridines is 1. The molecule has 7 heteroatoms. The molecule has 6 nitrogen and oxygen atoms in total. The van der Waals surface area contributed by atoms with Crippen molar-refractivity contribution in [2.24, 2.45) is 0 Å². The zero-order valence-corrected chi connectivity index (χ0v) is 14.7. The van der Waals surface area contributed by atoms with Crippen LogP contribution in [-0.4, -0.2) is 34.7 Å². The van der Waals surface area contributed by atoms with Gasteiger partial charge < -0.3 is 21.1 Å². The molecule has 0 saturated carbocycles. The first-order chi connectivity index (χ1) is 12.2. The number of hydrogen-bond acceptors (Lipinski definition) is 6. The second-order valence-corrected chi connectivity index (χ2v) is 6.28. The van der Waals surface area contributed by atoms with Gasteiger partial charge in [-0.05, 0) is 49.7 Å². The topological polar surface area (TPSA) is 82.1 Å². The molecule has 0 aliphatic carbocycles. The monoisotopic (exact) mass is 359 g/mol. The van der Waals surface area contributed by atoms with Gasteiger partial charge in [0.05, 0.1) is 16.2 Å². The van der Waals surface area contributed by atoms with Crippen molar-refractivity contribution < 1.29 is 5.11 Å². The minimum Gasteiger partial charge on any atom is -0.506 e. The van der Waals surface area contributed by atoms with Crippen LogP contribution in [0.2, 0.25) is 5.02 Å². The van der Waals surface area contributed by atoms with Gasteiger partial charge in [-0.15, -0.1) is 0 Å². The van der Waals surface area contributed by atoms with Gasteiger partial charge in [0.15, 0.2) is 0 Å². The molecule has 2 aliphatic heterocycles. The minimum atomic E-state index is 0.246. The second-order valence-electron chi connectivity index (χ2n) is 5.87. The molecule has 0 bridgehead atoms. The molecule has 25 heavy (non-hydrogen) atoms. The van der Waals surface area contributed by atoms with E-state index < -0.39 is 0 Å². The third-order valence-electron chi connectivity index (χ3n) is 3.96. The normalized spacial score (nSPS) is 16.4. The van der Waals surface area contributed by atoms with Gasteiger partial charge in [-0.25, -0.2) is 0 Å². The van der Waals surface area contributed by atoms with Crippen molar-refractivity contribution in [2.45, 2.75) is 19.4 Å². The van der Waals surface area contributed by atoms with E-state index in [0.717, 1.165) is 11.1 Å². The van der Waals surface area contributed by atoms with Gasteiger partial charge in [0.1, 0.15) is 11.3 Å². The number of benzene rings is 1. The molecule has 1 aromatic heterocycles. The Labute approximate surface area is 152 Å². The maximum Gasteiger partial charge on any atom is 0.137 e. The fraction of sp³-hybridized carbons (Fsp3) is 0.333. The molecule has 1 fully saturated rings. The predicted molar refractivity (Wildman–Crippen MR) is 100 cm³/mol. The minimum absolute atomic E-state index is 0.246. The summed E-state index contributed by atoms with van der Waals surface area (Å²) < 4.78 is 0. The number of fused-ring (bicyclic) bond motifs is 1.